The molecule has 1 heterocycles. The number of benzene rings is 2. The normalized spacial score (nSPS) is 14.9. The monoisotopic (exact) mass is 458 g/mol. The molecule has 1 fully saturated rings. The SMILES string of the molecule is COc1cc(/C=C2\C(=O)NN(c3ccc(C)c(C)c3)C2=O)cc(Br)c1OC(C)=O. The number of anilines is 1. The van der Waals surface area contributed by atoms with Gasteiger partial charge in [0, 0.05) is 6.92 Å². The first-order valence-electron chi connectivity index (χ1n) is 8.71. The van der Waals surface area contributed by atoms with Gasteiger partial charge in [-0.15, -0.1) is 0 Å². The molecule has 2 amide bonds. The van der Waals surface area contributed by atoms with Crippen LogP contribution in [0, 0.1) is 13.8 Å². The zero-order chi connectivity index (χ0) is 21.3. The number of hydrogen-bond donors (Lipinski definition) is 1. The summed E-state index contributed by atoms with van der Waals surface area (Å²) in [6.45, 7) is 5.19. The van der Waals surface area contributed by atoms with Crippen LogP contribution in [0.4, 0.5) is 5.69 Å². The van der Waals surface area contributed by atoms with Crippen LogP contribution in [-0.2, 0) is 14.4 Å². The number of halogens is 1. The summed E-state index contributed by atoms with van der Waals surface area (Å²) < 4.78 is 10.9. The standard InChI is InChI=1S/C21H19BrN2O5/c1-11-5-6-15(7-12(11)2)24-21(27)16(20(26)23-24)8-14-9-17(22)19(29-13(3)25)18(10-14)28-4/h5-10H,1-4H3,(H,23,26)/b16-8+. The molecule has 1 aliphatic rings. The van der Waals surface area contributed by atoms with Crippen molar-refractivity contribution in [1.29, 1.82) is 0 Å². The minimum atomic E-state index is -0.507. The molecule has 0 radical (unpaired) electrons. The molecular formula is C21H19BrN2O5. The van der Waals surface area contributed by atoms with Crippen molar-refractivity contribution < 1.29 is 23.9 Å². The Bertz CT molecular complexity index is 1060. The number of nitrogens with one attached hydrogen (secondary N) is 1. The van der Waals surface area contributed by atoms with Gasteiger partial charge in [-0.2, -0.15) is 0 Å². The van der Waals surface area contributed by atoms with Gasteiger partial charge in [0.1, 0.15) is 5.57 Å². The van der Waals surface area contributed by atoms with Gasteiger partial charge in [0.2, 0.25) is 0 Å². The summed E-state index contributed by atoms with van der Waals surface area (Å²) in [4.78, 5) is 36.5. The van der Waals surface area contributed by atoms with Gasteiger partial charge in [-0.05, 0) is 76.8 Å². The van der Waals surface area contributed by atoms with E-state index < -0.39 is 17.8 Å². The summed E-state index contributed by atoms with van der Waals surface area (Å²) in [5.41, 5.74) is 5.78. The molecule has 1 aliphatic heterocycles. The zero-order valence-corrected chi connectivity index (χ0v) is 17.9. The third kappa shape index (κ3) is 4.17. The Labute approximate surface area is 176 Å². The number of aryl methyl sites for hydroxylation is 2. The van der Waals surface area contributed by atoms with E-state index in [0.29, 0.717) is 21.5 Å². The van der Waals surface area contributed by atoms with Crippen LogP contribution < -0.4 is 19.9 Å². The molecule has 0 aromatic heterocycles. The molecule has 1 N–H and O–H groups in total. The minimum Gasteiger partial charge on any atom is -0.493 e. The van der Waals surface area contributed by atoms with Gasteiger partial charge in [0.05, 0.1) is 17.3 Å². The predicted octanol–water partition coefficient (Wildman–Crippen LogP) is 3.46. The summed E-state index contributed by atoms with van der Waals surface area (Å²) in [6, 6.07) is 8.71. The second-order valence-electron chi connectivity index (χ2n) is 6.54. The molecule has 8 heteroatoms. The lowest BCUT2D eigenvalue weighted by Gasteiger charge is -2.16. The Kier molecular flexibility index (Phi) is 5.74. The predicted molar refractivity (Wildman–Crippen MR) is 112 cm³/mol. The van der Waals surface area contributed by atoms with Gasteiger partial charge in [0.25, 0.3) is 11.8 Å². The van der Waals surface area contributed by atoms with Crippen LogP contribution in [0.1, 0.15) is 23.6 Å². The molecule has 29 heavy (non-hydrogen) atoms. The van der Waals surface area contributed by atoms with Crippen LogP contribution in [0.3, 0.4) is 0 Å². The fourth-order valence-electron chi connectivity index (χ4n) is 2.84. The summed E-state index contributed by atoms with van der Waals surface area (Å²) in [5, 5.41) is 1.22. The number of methoxy groups -OCH3 is 1. The van der Waals surface area contributed by atoms with E-state index in [4.69, 9.17) is 9.47 Å². The van der Waals surface area contributed by atoms with E-state index in [2.05, 4.69) is 21.4 Å². The second kappa shape index (κ2) is 8.08. The van der Waals surface area contributed by atoms with Crippen LogP contribution in [0.15, 0.2) is 40.4 Å². The largest absolute Gasteiger partial charge is 0.493 e. The van der Waals surface area contributed by atoms with Crippen molar-refractivity contribution in [2.45, 2.75) is 20.8 Å². The van der Waals surface area contributed by atoms with Gasteiger partial charge in [0.15, 0.2) is 11.5 Å². The first-order valence-corrected chi connectivity index (χ1v) is 9.51. The van der Waals surface area contributed by atoms with E-state index >= 15 is 0 Å². The summed E-state index contributed by atoms with van der Waals surface area (Å²) in [6.07, 6.45) is 1.46. The first-order chi connectivity index (χ1) is 13.7. The lowest BCUT2D eigenvalue weighted by Crippen LogP contribution is -2.35. The molecule has 1 saturated heterocycles. The molecule has 3 rings (SSSR count). The molecule has 0 unspecified atom stereocenters. The van der Waals surface area contributed by atoms with Gasteiger partial charge >= 0.3 is 5.97 Å². The van der Waals surface area contributed by atoms with E-state index in [-0.39, 0.29) is 11.3 Å². The van der Waals surface area contributed by atoms with Crippen LogP contribution in [0.5, 0.6) is 11.5 Å². The van der Waals surface area contributed by atoms with Crippen LogP contribution >= 0.6 is 15.9 Å². The Morgan fingerprint density at radius 1 is 1.14 bits per heavy atom. The maximum absolute atomic E-state index is 12.8. The quantitative estimate of drug-likeness (QED) is 0.328. The van der Waals surface area contributed by atoms with Crippen molar-refractivity contribution in [1.82, 2.24) is 5.43 Å². The Balaban J connectivity index is 1.97. The fraction of sp³-hybridized carbons (Fsp3) is 0.190. The highest BCUT2D eigenvalue weighted by molar-refractivity contribution is 9.10. The third-order valence-corrected chi connectivity index (χ3v) is 5.04. The fourth-order valence-corrected chi connectivity index (χ4v) is 3.38. The molecular weight excluding hydrogens is 440 g/mol. The van der Waals surface area contributed by atoms with E-state index in [1.54, 1.807) is 18.2 Å². The van der Waals surface area contributed by atoms with Gasteiger partial charge < -0.3 is 9.47 Å². The van der Waals surface area contributed by atoms with E-state index in [9.17, 15) is 14.4 Å². The van der Waals surface area contributed by atoms with E-state index in [1.165, 1.54) is 25.1 Å². The van der Waals surface area contributed by atoms with Crippen molar-refractivity contribution in [3.8, 4) is 11.5 Å². The number of nitrogens with zero attached hydrogens (tertiary/aromatic N) is 1. The number of hydrogen-bond acceptors (Lipinski definition) is 5. The van der Waals surface area contributed by atoms with Crippen molar-refractivity contribution in [3.05, 3.63) is 57.1 Å². The number of esters is 1. The number of hydrazine groups is 1. The van der Waals surface area contributed by atoms with Gasteiger partial charge in [-0.25, -0.2) is 5.01 Å². The van der Waals surface area contributed by atoms with Crippen molar-refractivity contribution >= 4 is 45.5 Å². The Morgan fingerprint density at radius 2 is 1.86 bits per heavy atom. The highest BCUT2D eigenvalue weighted by Gasteiger charge is 2.34. The maximum atomic E-state index is 12.8. The molecule has 2 aromatic carbocycles. The molecule has 7 nitrogen and oxygen atoms in total. The number of carbonyl (C=O) groups excluding carboxylic acids is 3. The van der Waals surface area contributed by atoms with Crippen molar-refractivity contribution in [2.75, 3.05) is 12.1 Å². The van der Waals surface area contributed by atoms with Crippen molar-refractivity contribution in [2.24, 2.45) is 0 Å². The summed E-state index contributed by atoms with van der Waals surface area (Å²) >= 11 is 3.33. The molecule has 0 atom stereocenters. The molecule has 0 saturated carbocycles. The van der Waals surface area contributed by atoms with Crippen LogP contribution in [0.2, 0.25) is 0 Å². The highest BCUT2D eigenvalue weighted by atomic mass is 79.9. The molecule has 150 valence electrons. The molecule has 2 aromatic rings. The number of rotatable bonds is 4. The number of carbonyl (C=O) groups is 3. The van der Waals surface area contributed by atoms with Gasteiger partial charge in [-0.3, -0.25) is 19.8 Å². The van der Waals surface area contributed by atoms with E-state index in [0.717, 1.165) is 11.1 Å². The maximum Gasteiger partial charge on any atom is 0.308 e. The minimum absolute atomic E-state index is 0.0163. The molecule has 0 bridgehead atoms. The summed E-state index contributed by atoms with van der Waals surface area (Å²) in [7, 11) is 1.43. The average molecular weight is 459 g/mol. The Morgan fingerprint density at radius 3 is 2.48 bits per heavy atom. The zero-order valence-electron chi connectivity index (χ0n) is 16.3. The molecule has 0 aliphatic carbocycles. The lowest BCUT2D eigenvalue weighted by molar-refractivity contribution is -0.132. The smallest absolute Gasteiger partial charge is 0.308 e. The highest BCUT2D eigenvalue weighted by Crippen LogP contribution is 2.37. The number of ether oxygens (including phenoxy) is 2. The van der Waals surface area contributed by atoms with Gasteiger partial charge in [-0.1, -0.05) is 6.07 Å². The van der Waals surface area contributed by atoms with Crippen LogP contribution in [-0.4, -0.2) is 24.9 Å². The number of amides is 2. The second-order valence-corrected chi connectivity index (χ2v) is 7.39. The third-order valence-electron chi connectivity index (χ3n) is 4.45. The summed E-state index contributed by atoms with van der Waals surface area (Å²) in [5.74, 6) is -0.950. The van der Waals surface area contributed by atoms with Crippen LogP contribution in [0.25, 0.3) is 6.08 Å². The average Bonchev–Trinajstić information content (AvgIpc) is 2.93. The lowest BCUT2D eigenvalue weighted by atomic mass is 10.1. The van der Waals surface area contributed by atoms with Crippen molar-refractivity contribution in [3.63, 3.8) is 0 Å². The topological polar surface area (TPSA) is 84.9 Å². The van der Waals surface area contributed by atoms with E-state index in [1.807, 2.05) is 26.0 Å². The first kappa shape index (κ1) is 20.6. The molecule has 0 spiro atoms. The Hall–Kier alpha value is -3.13.